The topological polar surface area (TPSA) is 73.0 Å². The van der Waals surface area contributed by atoms with E-state index in [9.17, 15) is 4.79 Å². The van der Waals surface area contributed by atoms with E-state index >= 15 is 0 Å². The third kappa shape index (κ3) is 3.15. The molecule has 0 saturated carbocycles. The van der Waals surface area contributed by atoms with E-state index < -0.39 is 0 Å². The zero-order valence-corrected chi connectivity index (χ0v) is 13.3. The molecule has 6 nitrogen and oxygen atoms in total. The number of nitrogens with one attached hydrogen (secondary N) is 1. The van der Waals surface area contributed by atoms with Gasteiger partial charge in [-0.1, -0.05) is 26.8 Å². The molecule has 23 heavy (non-hydrogen) atoms. The SMILES string of the molecule is CC(C)(C)c1cc(NC(=O)c2ccoc2)n(-c2ccccn2)n1. The van der Waals surface area contributed by atoms with E-state index in [0.29, 0.717) is 17.2 Å². The number of anilines is 1. The summed E-state index contributed by atoms with van der Waals surface area (Å²) >= 11 is 0. The molecule has 0 aromatic carbocycles. The maximum atomic E-state index is 12.3. The molecule has 0 saturated heterocycles. The van der Waals surface area contributed by atoms with E-state index in [1.54, 1.807) is 16.9 Å². The average molecular weight is 310 g/mol. The third-order valence-electron chi connectivity index (χ3n) is 3.37. The van der Waals surface area contributed by atoms with Crippen LogP contribution < -0.4 is 5.32 Å². The van der Waals surface area contributed by atoms with Gasteiger partial charge < -0.3 is 9.73 Å². The fraction of sp³-hybridized carbons (Fsp3) is 0.235. The fourth-order valence-corrected chi connectivity index (χ4v) is 2.07. The van der Waals surface area contributed by atoms with Crippen LogP contribution in [0, 0.1) is 0 Å². The number of pyridine rings is 1. The summed E-state index contributed by atoms with van der Waals surface area (Å²) in [7, 11) is 0. The van der Waals surface area contributed by atoms with Crippen molar-refractivity contribution >= 4 is 11.7 Å². The molecular weight excluding hydrogens is 292 g/mol. The molecule has 0 atom stereocenters. The number of amides is 1. The van der Waals surface area contributed by atoms with Gasteiger partial charge in [-0.15, -0.1) is 0 Å². The van der Waals surface area contributed by atoms with Crippen molar-refractivity contribution in [3.63, 3.8) is 0 Å². The second kappa shape index (κ2) is 5.72. The van der Waals surface area contributed by atoms with Crippen LogP contribution in [0.25, 0.3) is 5.82 Å². The lowest BCUT2D eigenvalue weighted by atomic mass is 9.92. The van der Waals surface area contributed by atoms with Crippen LogP contribution in [0.2, 0.25) is 0 Å². The second-order valence-corrected chi connectivity index (χ2v) is 6.23. The number of carbonyl (C=O) groups excluding carboxylic acids is 1. The van der Waals surface area contributed by atoms with Gasteiger partial charge in [0.05, 0.1) is 17.5 Å². The molecule has 3 aromatic rings. The monoisotopic (exact) mass is 310 g/mol. The Morgan fingerprint density at radius 3 is 2.70 bits per heavy atom. The van der Waals surface area contributed by atoms with Gasteiger partial charge in [0.1, 0.15) is 12.1 Å². The van der Waals surface area contributed by atoms with Crippen LogP contribution in [0.1, 0.15) is 36.8 Å². The Morgan fingerprint density at radius 1 is 1.26 bits per heavy atom. The number of hydrogen-bond donors (Lipinski definition) is 1. The highest BCUT2D eigenvalue weighted by Gasteiger charge is 2.22. The summed E-state index contributed by atoms with van der Waals surface area (Å²) in [5.74, 6) is 0.960. The van der Waals surface area contributed by atoms with Crippen LogP contribution in [0.3, 0.4) is 0 Å². The minimum absolute atomic E-state index is 0.144. The maximum absolute atomic E-state index is 12.3. The normalized spacial score (nSPS) is 11.4. The lowest BCUT2D eigenvalue weighted by Crippen LogP contribution is -2.15. The molecule has 0 spiro atoms. The molecule has 1 amide bonds. The first-order chi connectivity index (χ1) is 10.9. The van der Waals surface area contributed by atoms with Crippen LogP contribution in [-0.4, -0.2) is 20.7 Å². The van der Waals surface area contributed by atoms with Crippen LogP contribution in [0.15, 0.2) is 53.5 Å². The largest absolute Gasteiger partial charge is 0.472 e. The molecule has 6 heteroatoms. The lowest BCUT2D eigenvalue weighted by molar-refractivity contribution is 0.102. The number of hydrogen-bond acceptors (Lipinski definition) is 4. The summed E-state index contributed by atoms with van der Waals surface area (Å²) in [5, 5.41) is 7.47. The molecule has 0 bridgehead atoms. The number of rotatable bonds is 3. The molecule has 118 valence electrons. The van der Waals surface area contributed by atoms with Gasteiger partial charge in [-0.05, 0) is 18.2 Å². The molecule has 3 rings (SSSR count). The molecule has 0 fully saturated rings. The van der Waals surface area contributed by atoms with Crippen LogP contribution >= 0.6 is 0 Å². The van der Waals surface area contributed by atoms with E-state index in [4.69, 9.17) is 4.42 Å². The molecule has 0 unspecified atom stereocenters. The summed E-state index contributed by atoms with van der Waals surface area (Å²) in [6.45, 7) is 6.21. The molecule has 1 N–H and O–H groups in total. The van der Waals surface area contributed by atoms with Crippen molar-refractivity contribution in [1.82, 2.24) is 14.8 Å². The van der Waals surface area contributed by atoms with Crippen molar-refractivity contribution in [2.45, 2.75) is 26.2 Å². The van der Waals surface area contributed by atoms with Crippen molar-refractivity contribution < 1.29 is 9.21 Å². The van der Waals surface area contributed by atoms with Crippen LogP contribution in [0.4, 0.5) is 5.82 Å². The van der Waals surface area contributed by atoms with Crippen molar-refractivity contribution in [3.8, 4) is 5.82 Å². The summed E-state index contributed by atoms with van der Waals surface area (Å²) in [6, 6.07) is 9.03. The van der Waals surface area contributed by atoms with E-state index in [2.05, 4.69) is 36.2 Å². The first-order valence-corrected chi connectivity index (χ1v) is 7.30. The van der Waals surface area contributed by atoms with Gasteiger partial charge in [0.25, 0.3) is 5.91 Å². The second-order valence-electron chi connectivity index (χ2n) is 6.23. The summed E-state index contributed by atoms with van der Waals surface area (Å²) < 4.78 is 6.59. The summed E-state index contributed by atoms with van der Waals surface area (Å²) in [5.41, 5.74) is 1.18. The van der Waals surface area contributed by atoms with Gasteiger partial charge in [-0.2, -0.15) is 9.78 Å². The zero-order valence-electron chi connectivity index (χ0n) is 13.3. The van der Waals surface area contributed by atoms with Gasteiger partial charge >= 0.3 is 0 Å². The third-order valence-corrected chi connectivity index (χ3v) is 3.37. The molecular formula is C17H18N4O2. The zero-order chi connectivity index (χ0) is 16.4. The first-order valence-electron chi connectivity index (χ1n) is 7.30. The van der Waals surface area contributed by atoms with Gasteiger partial charge in [0, 0.05) is 17.7 Å². The Balaban J connectivity index is 2.01. The summed E-state index contributed by atoms with van der Waals surface area (Å²) in [4.78, 5) is 16.6. The van der Waals surface area contributed by atoms with E-state index in [-0.39, 0.29) is 11.3 Å². The van der Waals surface area contributed by atoms with E-state index in [0.717, 1.165) is 5.69 Å². The highest BCUT2D eigenvalue weighted by atomic mass is 16.3. The van der Waals surface area contributed by atoms with Gasteiger partial charge in [0.2, 0.25) is 0 Å². The number of carbonyl (C=O) groups is 1. The van der Waals surface area contributed by atoms with Gasteiger partial charge in [0.15, 0.2) is 5.82 Å². The Hall–Kier alpha value is -2.89. The van der Waals surface area contributed by atoms with Crippen molar-refractivity contribution in [3.05, 3.63) is 60.3 Å². The minimum atomic E-state index is -0.253. The van der Waals surface area contributed by atoms with Gasteiger partial charge in [-0.25, -0.2) is 4.98 Å². The summed E-state index contributed by atoms with van der Waals surface area (Å²) in [6.07, 6.45) is 4.56. The highest BCUT2D eigenvalue weighted by Crippen LogP contribution is 2.26. The molecule has 0 radical (unpaired) electrons. The Morgan fingerprint density at radius 2 is 2.09 bits per heavy atom. The minimum Gasteiger partial charge on any atom is -0.472 e. The Kier molecular flexibility index (Phi) is 3.73. The van der Waals surface area contributed by atoms with E-state index in [1.807, 2.05) is 24.3 Å². The molecule has 3 heterocycles. The first kappa shape index (κ1) is 15.0. The lowest BCUT2D eigenvalue weighted by Gasteiger charge is -2.13. The van der Waals surface area contributed by atoms with Crippen molar-refractivity contribution in [2.24, 2.45) is 0 Å². The average Bonchev–Trinajstić information content (AvgIpc) is 3.17. The Bertz CT molecular complexity index is 799. The fourth-order valence-electron chi connectivity index (χ4n) is 2.07. The van der Waals surface area contributed by atoms with Crippen LogP contribution in [0.5, 0.6) is 0 Å². The molecule has 0 aliphatic rings. The highest BCUT2D eigenvalue weighted by molar-refractivity contribution is 6.03. The quantitative estimate of drug-likeness (QED) is 0.804. The molecule has 3 aromatic heterocycles. The predicted molar refractivity (Wildman–Crippen MR) is 86.7 cm³/mol. The van der Waals surface area contributed by atoms with Crippen molar-refractivity contribution in [1.29, 1.82) is 0 Å². The Labute approximate surface area is 134 Å². The maximum Gasteiger partial charge on any atom is 0.260 e. The number of furan rings is 1. The van der Waals surface area contributed by atoms with Crippen molar-refractivity contribution in [2.75, 3.05) is 5.32 Å². The molecule has 0 aliphatic heterocycles. The van der Waals surface area contributed by atoms with Crippen LogP contribution in [-0.2, 0) is 5.41 Å². The molecule has 0 aliphatic carbocycles. The predicted octanol–water partition coefficient (Wildman–Crippen LogP) is 3.41. The van der Waals surface area contributed by atoms with Gasteiger partial charge in [-0.3, -0.25) is 4.79 Å². The smallest absolute Gasteiger partial charge is 0.260 e. The standard InChI is InChI=1S/C17H18N4O2/c1-17(2,3)13-10-15(19-16(22)12-7-9-23-11-12)21(20-13)14-6-4-5-8-18-14/h4-11H,1-3H3,(H,19,22). The van der Waals surface area contributed by atoms with E-state index in [1.165, 1.54) is 12.5 Å². The number of aromatic nitrogens is 3. The number of nitrogens with zero attached hydrogens (tertiary/aromatic N) is 3.